The van der Waals surface area contributed by atoms with E-state index in [1.807, 2.05) is 24.0 Å². The lowest BCUT2D eigenvalue weighted by molar-refractivity contribution is -0.137. The van der Waals surface area contributed by atoms with Crippen molar-refractivity contribution >= 4 is 23.6 Å². The first-order chi connectivity index (χ1) is 11.9. The standard InChI is InChI=1S/C19H33NO4S/c1-3-4-5-6-17(21)10-8-16-9-11-18(22)20(16)13-14-25-15(2)7-12-19(23)24/h8,10,15-17,21H,3-7,9,11-14H2,1-2H3,(H,23,24)/t15?,16-,17-/m0/s1. The Bertz CT molecular complexity index is 441. The number of hydrogen-bond acceptors (Lipinski definition) is 4. The average molecular weight is 372 g/mol. The molecule has 1 heterocycles. The number of carboxylic acids is 1. The van der Waals surface area contributed by atoms with E-state index in [4.69, 9.17) is 5.11 Å². The predicted molar refractivity (Wildman–Crippen MR) is 103 cm³/mol. The molecule has 0 aromatic carbocycles. The highest BCUT2D eigenvalue weighted by atomic mass is 32.2. The summed E-state index contributed by atoms with van der Waals surface area (Å²) in [6, 6.07) is 0.0863. The third-order valence-electron chi connectivity index (χ3n) is 4.53. The van der Waals surface area contributed by atoms with Crippen LogP contribution in [0.15, 0.2) is 12.2 Å². The summed E-state index contributed by atoms with van der Waals surface area (Å²) in [5.41, 5.74) is 0. The van der Waals surface area contributed by atoms with Crippen molar-refractivity contribution in [3.8, 4) is 0 Å². The first-order valence-electron chi connectivity index (χ1n) is 9.43. The van der Waals surface area contributed by atoms with E-state index >= 15 is 0 Å². The van der Waals surface area contributed by atoms with Gasteiger partial charge in [-0.1, -0.05) is 45.3 Å². The van der Waals surface area contributed by atoms with E-state index in [0.717, 1.165) is 37.9 Å². The third kappa shape index (κ3) is 9.31. The van der Waals surface area contributed by atoms with E-state index in [1.165, 1.54) is 0 Å². The molecule has 1 aliphatic heterocycles. The molecule has 0 radical (unpaired) electrons. The summed E-state index contributed by atoms with van der Waals surface area (Å²) in [4.78, 5) is 24.6. The Morgan fingerprint density at radius 2 is 2.16 bits per heavy atom. The first-order valence-corrected chi connectivity index (χ1v) is 10.5. The normalized spacial score (nSPS) is 20.4. The van der Waals surface area contributed by atoms with Gasteiger partial charge in [-0.25, -0.2) is 0 Å². The molecule has 0 spiro atoms. The molecule has 1 saturated heterocycles. The lowest BCUT2D eigenvalue weighted by Gasteiger charge is -2.23. The molecule has 1 aliphatic rings. The maximum absolute atomic E-state index is 12.1. The monoisotopic (exact) mass is 371 g/mol. The fourth-order valence-electron chi connectivity index (χ4n) is 2.96. The van der Waals surface area contributed by atoms with Crippen molar-refractivity contribution in [2.24, 2.45) is 0 Å². The summed E-state index contributed by atoms with van der Waals surface area (Å²) in [5.74, 6) is 0.231. The molecule has 0 aliphatic carbocycles. The minimum atomic E-state index is -0.759. The second-order valence-electron chi connectivity index (χ2n) is 6.76. The quantitative estimate of drug-likeness (QED) is 0.383. The molecule has 2 N–H and O–H groups in total. The molecule has 1 fully saturated rings. The fourth-order valence-corrected chi connectivity index (χ4v) is 3.95. The van der Waals surface area contributed by atoms with Gasteiger partial charge in [-0.2, -0.15) is 11.8 Å². The number of hydrogen-bond donors (Lipinski definition) is 2. The number of unbranched alkanes of at least 4 members (excludes halogenated alkanes) is 2. The van der Waals surface area contributed by atoms with Gasteiger partial charge in [0.05, 0.1) is 12.1 Å². The molecule has 0 aromatic heterocycles. The number of aliphatic hydroxyl groups excluding tert-OH is 1. The van der Waals surface area contributed by atoms with Crippen LogP contribution in [-0.4, -0.2) is 56.7 Å². The number of aliphatic carboxylic acids is 1. The van der Waals surface area contributed by atoms with Crippen LogP contribution in [0.5, 0.6) is 0 Å². The molecule has 1 amide bonds. The second kappa shape index (κ2) is 12.4. The zero-order valence-electron chi connectivity index (χ0n) is 15.5. The number of likely N-dealkylation sites (tertiary alicyclic amines) is 1. The smallest absolute Gasteiger partial charge is 0.303 e. The highest BCUT2D eigenvalue weighted by molar-refractivity contribution is 7.99. The highest BCUT2D eigenvalue weighted by Crippen LogP contribution is 2.22. The largest absolute Gasteiger partial charge is 0.481 e. The van der Waals surface area contributed by atoms with E-state index in [0.29, 0.717) is 19.4 Å². The van der Waals surface area contributed by atoms with E-state index in [-0.39, 0.29) is 23.6 Å². The SMILES string of the molecule is CCCCC[C@H](O)C=C[C@H]1CCC(=O)N1CCSC(C)CCC(=O)O. The summed E-state index contributed by atoms with van der Waals surface area (Å²) in [5, 5.41) is 19.0. The van der Waals surface area contributed by atoms with Crippen LogP contribution in [0.25, 0.3) is 0 Å². The number of aliphatic hydroxyl groups is 1. The van der Waals surface area contributed by atoms with Crippen LogP contribution in [-0.2, 0) is 9.59 Å². The van der Waals surface area contributed by atoms with E-state index in [9.17, 15) is 14.7 Å². The van der Waals surface area contributed by atoms with Crippen molar-refractivity contribution < 1.29 is 19.8 Å². The fraction of sp³-hybridized carbons (Fsp3) is 0.789. The molecular formula is C19H33NO4S. The molecule has 1 unspecified atom stereocenters. The Kier molecular flexibility index (Phi) is 10.9. The summed E-state index contributed by atoms with van der Waals surface area (Å²) in [6.45, 7) is 4.86. The van der Waals surface area contributed by atoms with Crippen LogP contribution in [0.3, 0.4) is 0 Å². The minimum Gasteiger partial charge on any atom is -0.481 e. The molecule has 6 heteroatoms. The topological polar surface area (TPSA) is 77.8 Å². The van der Waals surface area contributed by atoms with Crippen LogP contribution in [0.4, 0.5) is 0 Å². The Morgan fingerprint density at radius 1 is 1.40 bits per heavy atom. The van der Waals surface area contributed by atoms with Gasteiger partial charge in [0.25, 0.3) is 0 Å². The molecule has 3 atom stereocenters. The number of carboxylic acid groups (broad SMARTS) is 1. The van der Waals surface area contributed by atoms with Gasteiger partial charge in [-0.05, 0) is 19.3 Å². The number of nitrogens with zero attached hydrogens (tertiary/aromatic N) is 1. The van der Waals surface area contributed by atoms with Gasteiger partial charge in [-0.3, -0.25) is 9.59 Å². The number of rotatable bonds is 13. The maximum atomic E-state index is 12.1. The highest BCUT2D eigenvalue weighted by Gasteiger charge is 2.28. The lowest BCUT2D eigenvalue weighted by atomic mass is 10.1. The van der Waals surface area contributed by atoms with Crippen molar-refractivity contribution in [2.45, 2.75) is 82.6 Å². The molecule has 5 nitrogen and oxygen atoms in total. The Morgan fingerprint density at radius 3 is 2.84 bits per heavy atom. The van der Waals surface area contributed by atoms with Gasteiger partial charge in [0.1, 0.15) is 0 Å². The number of thioether (sulfide) groups is 1. The van der Waals surface area contributed by atoms with Gasteiger partial charge in [0, 0.05) is 30.4 Å². The zero-order chi connectivity index (χ0) is 18.7. The number of amides is 1. The first kappa shape index (κ1) is 22.0. The molecular weight excluding hydrogens is 338 g/mol. The van der Waals surface area contributed by atoms with E-state index in [2.05, 4.69) is 6.92 Å². The Balaban J connectivity index is 2.35. The van der Waals surface area contributed by atoms with Gasteiger partial charge >= 0.3 is 5.97 Å². The summed E-state index contributed by atoms with van der Waals surface area (Å²) in [7, 11) is 0. The van der Waals surface area contributed by atoms with Crippen LogP contribution >= 0.6 is 11.8 Å². The van der Waals surface area contributed by atoms with Crippen molar-refractivity contribution in [1.82, 2.24) is 4.90 Å². The molecule has 0 bridgehead atoms. The van der Waals surface area contributed by atoms with Gasteiger partial charge < -0.3 is 15.1 Å². The maximum Gasteiger partial charge on any atom is 0.303 e. The molecule has 25 heavy (non-hydrogen) atoms. The van der Waals surface area contributed by atoms with E-state index < -0.39 is 12.1 Å². The van der Waals surface area contributed by atoms with Crippen molar-refractivity contribution in [1.29, 1.82) is 0 Å². The van der Waals surface area contributed by atoms with Gasteiger partial charge in [0.15, 0.2) is 0 Å². The second-order valence-corrected chi connectivity index (χ2v) is 8.30. The van der Waals surface area contributed by atoms with Crippen molar-refractivity contribution in [3.63, 3.8) is 0 Å². The van der Waals surface area contributed by atoms with Crippen LogP contribution in [0.1, 0.15) is 65.2 Å². The molecule has 1 rings (SSSR count). The molecule has 0 saturated carbocycles. The van der Waals surface area contributed by atoms with Gasteiger partial charge in [-0.15, -0.1) is 0 Å². The third-order valence-corrected chi connectivity index (χ3v) is 5.76. The van der Waals surface area contributed by atoms with E-state index in [1.54, 1.807) is 11.8 Å². The Hall–Kier alpha value is -1.01. The van der Waals surface area contributed by atoms with Crippen LogP contribution in [0, 0.1) is 0 Å². The lowest BCUT2D eigenvalue weighted by Crippen LogP contribution is -2.34. The number of carbonyl (C=O) groups excluding carboxylic acids is 1. The minimum absolute atomic E-state index is 0.0863. The van der Waals surface area contributed by atoms with Crippen LogP contribution < -0.4 is 0 Å². The van der Waals surface area contributed by atoms with Crippen molar-refractivity contribution in [3.05, 3.63) is 12.2 Å². The Labute approximate surface area is 155 Å². The summed E-state index contributed by atoms with van der Waals surface area (Å²) < 4.78 is 0. The summed E-state index contributed by atoms with van der Waals surface area (Å²) >= 11 is 1.72. The zero-order valence-corrected chi connectivity index (χ0v) is 16.3. The predicted octanol–water partition coefficient (Wildman–Crippen LogP) is 3.46. The molecule has 0 aromatic rings. The van der Waals surface area contributed by atoms with Crippen LogP contribution in [0.2, 0.25) is 0 Å². The molecule has 144 valence electrons. The van der Waals surface area contributed by atoms with Crippen molar-refractivity contribution in [2.75, 3.05) is 12.3 Å². The summed E-state index contributed by atoms with van der Waals surface area (Å²) in [6.07, 6.45) is 9.72. The number of carbonyl (C=O) groups is 2. The van der Waals surface area contributed by atoms with Gasteiger partial charge in [0.2, 0.25) is 5.91 Å². The average Bonchev–Trinajstić information content (AvgIpc) is 2.91.